The second-order valence-electron chi connectivity index (χ2n) is 5.22. The van der Waals surface area contributed by atoms with Crippen molar-refractivity contribution in [3.8, 4) is 0 Å². The van der Waals surface area contributed by atoms with Gasteiger partial charge in [0.1, 0.15) is 17.0 Å². The van der Waals surface area contributed by atoms with Crippen LogP contribution >= 0.6 is 11.6 Å². The Bertz CT molecular complexity index is 736. The lowest BCUT2D eigenvalue weighted by Crippen LogP contribution is -2.47. The van der Waals surface area contributed by atoms with Gasteiger partial charge in [0.25, 0.3) is 0 Å². The average molecular weight is 337 g/mol. The SMILES string of the molecule is COC(=O)N[C@H](C(=O)Nc1ccc2ccc(Cl)nc2n1)C(C)C. The molecule has 2 rings (SSSR count). The summed E-state index contributed by atoms with van der Waals surface area (Å²) < 4.78 is 4.53. The molecule has 0 spiro atoms. The van der Waals surface area contributed by atoms with Gasteiger partial charge in [-0.3, -0.25) is 4.79 Å². The van der Waals surface area contributed by atoms with E-state index in [-0.39, 0.29) is 11.8 Å². The first kappa shape index (κ1) is 17.0. The summed E-state index contributed by atoms with van der Waals surface area (Å²) in [5.74, 6) is -0.184. The van der Waals surface area contributed by atoms with Gasteiger partial charge in [-0.15, -0.1) is 0 Å². The summed E-state index contributed by atoms with van der Waals surface area (Å²) in [6, 6.07) is 6.15. The number of carbonyl (C=O) groups excluding carboxylic acids is 2. The monoisotopic (exact) mass is 336 g/mol. The number of carbonyl (C=O) groups is 2. The Morgan fingerprint density at radius 2 is 1.87 bits per heavy atom. The van der Waals surface area contributed by atoms with E-state index in [2.05, 4.69) is 25.3 Å². The zero-order valence-corrected chi connectivity index (χ0v) is 13.7. The molecule has 0 saturated heterocycles. The van der Waals surface area contributed by atoms with E-state index in [0.717, 1.165) is 5.39 Å². The van der Waals surface area contributed by atoms with Crippen LogP contribution in [0.4, 0.5) is 10.6 Å². The van der Waals surface area contributed by atoms with Crippen molar-refractivity contribution < 1.29 is 14.3 Å². The van der Waals surface area contributed by atoms with Gasteiger partial charge in [0, 0.05) is 5.39 Å². The fourth-order valence-corrected chi connectivity index (χ4v) is 2.11. The zero-order chi connectivity index (χ0) is 17.0. The first-order valence-corrected chi connectivity index (χ1v) is 7.37. The molecule has 2 N–H and O–H groups in total. The van der Waals surface area contributed by atoms with Crippen molar-refractivity contribution in [3.05, 3.63) is 29.4 Å². The number of nitrogens with zero attached hydrogens (tertiary/aromatic N) is 2. The number of alkyl carbamates (subject to hydrolysis) is 1. The third kappa shape index (κ3) is 4.29. The minimum absolute atomic E-state index is 0.123. The van der Waals surface area contributed by atoms with Crippen molar-refractivity contribution in [2.24, 2.45) is 5.92 Å². The number of ether oxygens (including phenoxy) is 1. The molecular weight excluding hydrogens is 320 g/mol. The summed E-state index contributed by atoms with van der Waals surface area (Å²) in [6.45, 7) is 3.63. The number of aromatic nitrogens is 2. The van der Waals surface area contributed by atoms with Crippen LogP contribution in [-0.2, 0) is 9.53 Å². The number of amides is 2. The number of hydrogen-bond donors (Lipinski definition) is 2. The molecule has 0 aliphatic carbocycles. The first-order chi connectivity index (χ1) is 10.9. The number of rotatable bonds is 4. The van der Waals surface area contributed by atoms with E-state index in [1.54, 1.807) is 24.3 Å². The predicted molar refractivity (Wildman–Crippen MR) is 87.3 cm³/mol. The van der Waals surface area contributed by atoms with E-state index in [9.17, 15) is 9.59 Å². The molecule has 122 valence electrons. The standard InChI is InChI=1S/C15H17ClN4O3/c1-8(2)12(20-15(22)23-3)14(21)19-11-7-5-9-4-6-10(16)17-13(9)18-11/h4-8,12H,1-3H3,(H,20,22)(H,17,18,19,21)/t12-/m0/s1. The Morgan fingerprint density at radius 1 is 1.17 bits per heavy atom. The van der Waals surface area contributed by atoms with Gasteiger partial charge in [-0.05, 0) is 30.2 Å². The van der Waals surface area contributed by atoms with Crippen molar-refractivity contribution in [2.75, 3.05) is 12.4 Å². The highest BCUT2D eigenvalue weighted by Gasteiger charge is 2.25. The second-order valence-corrected chi connectivity index (χ2v) is 5.61. The molecule has 0 bridgehead atoms. The van der Waals surface area contributed by atoms with E-state index in [4.69, 9.17) is 11.6 Å². The number of halogens is 1. The highest BCUT2D eigenvalue weighted by molar-refractivity contribution is 6.29. The third-order valence-electron chi connectivity index (χ3n) is 3.18. The normalized spacial score (nSPS) is 12.0. The lowest BCUT2D eigenvalue weighted by Gasteiger charge is -2.20. The maximum atomic E-state index is 12.3. The maximum Gasteiger partial charge on any atom is 0.407 e. The van der Waals surface area contributed by atoms with Crippen molar-refractivity contribution in [1.82, 2.24) is 15.3 Å². The van der Waals surface area contributed by atoms with E-state index >= 15 is 0 Å². The molecule has 8 heteroatoms. The lowest BCUT2D eigenvalue weighted by molar-refractivity contribution is -0.119. The van der Waals surface area contributed by atoms with Gasteiger partial charge in [0.2, 0.25) is 5.91 Å². The molecule has 0 unspecified atom stereocenters. The number of nitrogens with one attached hydrogen (secondary N) is 2. The van der Waals surface area contributed by atoms with Crippen molar-refractivity contribution >= 4 is 40.5 Å². The molecule has 2 aromatic heterocycles. The lowest BCUT2D eigenvalue weighted by atomic mass is 10.0. The number of anilines is 1. The van der Waals surface area contributed by atoms with Gasteiger partial charge in [-0.2, -0.15) is 0 Å². The number of fused-ring (bicyclic) bond motifs is 1. The van der Waals surface area contributed by atoms with Crippen molar-refractivity contribution in [1.29, 1.82) is 0 Å². The molecule has 2 heterocycles. The quantitative estimate of drug-likeness (QED) is 0.837. The van der Waals surface area contributed by atoms with E-state index in [0.29, 0.717) is 16.6 Å². The largest absolute Gasteiger partial charge is 0.453 e. The topological polar surface area (TPSA) is 93.2 Å². The van der Waals surface area contributed by atoms with Crippen LogP contribution in [0.5, 0.6) is 0 Å². The summed E-state index contributed by atoms with van der Waals surface area (Å²) >= 11 is 5.84. The Morgan fingerprint density at radius 3 is 2.52 bits per heavy atom. The molecule has 0 aliphatic rings. The molecule has 23 heavy (non-hydrogen) atoms. The zero-order valence-electron chi connectivity index (χ0n) is 13.0. The highest BCUT2D eigenvalue weighted by Crippen LogP contribution is 2.16. The maximum absolute atomic E-state index is 12.3. The average Bonchev–Trinajstić information content (AvgIpc) is 2.51. The Labute approximate surface area is 138 Å². The molecule has 0 aliphatic heterocycles. The smallest absolute Gasteiger partial charge is 0.407 e. The van der Waals surface area contributed by atoms with E-state index in [1.165, 1.54) is 7.11 Å². The number of pyridine rings is 2. The van der Waals surface area contributed by atoms with Crippen LogP contribution < -0.4 is 10.6 Å². The van der Waals surface area contributed by atoms with E-state index < -0.39 is 12.1 Å². The van der Waals surface area contributed by atoms with Crippen LogP contribution in [0.2, 0.25) is 5.15 Å². The van der Waals surface area contributed by atoms with Crippen LogP contribution in [-0.4, -0.2) is 35.1 Å². The summed E-state index contributed by atoms with van der Waals surface area (Å²) in [5, 5.41) is 6.28. The first-order valence-electron chi connectivity index (χ1n) is 6.99. The molecule has 0 aromatic carbocycles. The van der Waals surface area contributed by atoms with Gasteiger partial charge in [0.05, 0.1) is 7.11 Å². The number of methoxy groups -OCH3 is 1. The fourth-order valence-electron chi connectivity index (χ4n) is 1.97. The molecule has 2 amide bonds. The molecule has 7 nitrogen and oxygen atoms in total. The Kier molecular flexibility index (Phi) is 5.33. The molecule has 0 saturated carbocycles. The van der Waals surface area contributed by atoms with Gasteiger partial charge in [-0.1, -0.05) is 25.4 Å². The summed E-state index contributed by atoms with van der Waals surface area (Å²) in [6.07, 6.45) is -0.668. The van der Waals surface area contributed by atoms with Crippen LogP contribution in [0.3, 0.4) is 0 Å². The van der Waals surface area contributed by atoms with Crippen LogP contribution in [0.25, 0.3) is 11.0 Å². The fraction of sp³-hybridized carbons (Fsp3) is 0.333. The molecule has 1 atom stereocenters. The molecule has 2 aromatic rings. The van der Waals surface area contributed by atoms with Gasteiger partial charge in [0.15, 0.2) is 5.65 Å². The Hall–Kier alpha value is -2.41. The minimum Gasteiger partial charge on any atom is -0.453 e. The molecule has 0 fully saturated rings. The van der Waals surface area contributed by atoms with Gasteiger partial charge >= 0.3 is 6.09 Å². The summed E-state index contributed by atoms with van der Waals surface area (Å²) in [7, 11) is 1.24. The predicted octanol–water partition coefficient (Wildman–Crippen LogP) is 2.60. The second kappa shape index (κ2) is 7.23. The third-order valence-corrected chi connectivity index (χ3v) is 3.39. The van der Waals surface area contributed by atoms with Crippen LogP contribution in [0, 0.1) is 5.92 Å². The van der Waals surface area contributed by atoms with Gasteiger partial charge < -0.3 is 15.4 Å². The minimum atomic E-state index is -0.743. The van der Waals surface area contributed by atoms with Crippen molar-refractivity contribution in [3.63, 3.8) is 0 Å². The summed E-state index contributed by atoms with van der Waals surface area (Å²) in [4.78, 5) is 32.0. The molecular formula is C15H17ClN4O3. The van der Waals surface area contributed by atoms with Crippen LogP contribution in [0.1, 0.15) is 13.8 Å². The summed E-state index contributed by atoms with van der Waals surface area (Å²) in [5.41, 5.74) is 0.428. The van der Waals surface area contributed by atoms with Crippen molar-refractivity contribution in [2.45, 2.75) is 19.9 Å². The van der Waals surface area contributed by atoms with Crippen LogP contribution in [0.15, 0.2) is 24.3 Å². The number of hydrogen-bond acceptors (Lipinski definition) is 5. The molecule has 0 radical (unpaired) electrons. The highest BCUT2D eigenvalue weighted by atomic mass is 35.5. The Balaban J connectivity index is 2.18. The van der Waals surface area contributed by atoms with E-state index in [1.807, 2.05) is 13.8 Å². The van der Waals surface area contributed by atoms with Gasteiger partial charge in [-0.25, -0.2) is 14.8 Å².